The fourth-order valence-corrected chi connectivity index (χ4v) is 5.03. The Hall–Kier alpha value is -1.26. The summed E-state index contributed by atoms with van der Waals surface area (Å²) in [6.07, 6.45) is 0.343. The fourth-order valence-electron chi connectivity index (χ4n) is 2.22. The van der Waals surface area contributed by atoms with E-state index in [0.717, 1.165) is 5.56 Å². The maximum atomic E-state index is 12.1. The van der Waals surface area contributed by atoms with Gasteiger partial charge in [-0.3, -0.25) is 9.13 Å². The van der Waals surface area contributed by atoms with Crippen molar-refractivity contribution >= 4 is 20.5 Å². The van der Waals surface area contributed by atoms with Crippen molar-refractivity contribution in [2.75, 3.05) is 27.4 Å². The second-order valence-electron chi connectivity index (χ2n) is 5.29. The minimum atomic E-state index is -3.03. The van der Waals surface area contributed by atoms with Crippen molar-refractivity contribution in [2.45, 2.75) is 20.0 Å². The summed E-state index contributed by atoms with van der Waals surface area (Å²) in [6.45, 7) is 4.45. The van der Waals surface area contributed by atoms with E-state index in [4.69, 9.17) is 18.1 Å². The molecule has 0 amide bonds. The molecule has 0 unspecified atom stereocenters. The van der Waals surface area contributed by atoms with Crippen LogP contribution >= 0.6 is 15.2 Å². The highest BCUT2D eigenvalue weighted by Gasteiger charge is 2.24. The molecule has 0 saturated carbocycles. The van der Waals surface area contributed by atoms with Crippen LogP contribution in [-0.2, 0) is 33.4 Å². The van der Waals surface area contributed by atoms with Crippen LogP contribution in [0.1, 0.15) is 19.4 Å². The normalized spacial score (nSPS) is 11.6. The van der Waals surface area contributed by atoms with Gasteiger partial charge in [-0.15, -0.1) is 0 Å². The molecule has 0 aliphatic rings. The Morgan fingerprint density at radius 2 is 1.19 bits per heavy atom. The minimum Gasteiger partial charge on any atom is -0.309 e. The number of rotatable bonds is 9. The van der Waals surface area contributed by atoms with Gasteiger partial charge in [0, 0.05) is 14.2 Å². The summed E-state index contributed by atoms with van der Waals surface area (Å²) in [5, 5.41) is 0.579. The summed E-state index contributed by atoms with van der Waals surface area (Å²) in [6, 6.07) is 18.5. The van der Waals surface area contributed by atoms with Gasteiger partial charge in [-0.05, 0) is 31.5 Å². The van der Waals surface area contributed by atoms with Crippen molar-refractivity contribution in [2.24, 2.45) is 0 Å². The molecule has 0 atom stereocenters. The van der Waals surface area contributed by atoms with Gasteiger partial charge in [0.15, 0.2) is 0 Å². The van der Waals surface area contributed by atoms with Crippen molar-refractivity contribution in [1.29, 1.82) is 0 Å². The van der Waals surface area contributed by atoms with Crippen molar-refractivity contribution in [3.63, 3.8) is 0 Å². The Kier molecular flexibility index (Phi) is 10.8. The summed E-state index contributed by atoms with van der Waals surface area (Å²) >= 11 is 0. The monoisotopic (exact) mass is 414 g/mol. The third-order valence-electron chi connectivity index (χ3n) is 3.42. The highest BCUT2D eigenvalue weighted by molar-refractivity contribution is 7.62. The molecule has 0 heterocycles. The van der Waals surface area contributed by atoms with Gasteiger partial charge in [0.2, 0.25) is 0 Å². The average molecular weight is 414 g/mol. The van der Waals surface area contributed by atoms with Crippen molar-refractivity contribution < 1.29 is 27.2 Å². The van der Waals surface area contributed by atoms with Crippen LogP contribution in [-0.4, -0.2) is 27.4 Å². The molecule has 0 aromatic heterocycles. The molecule has 0 radical (unpaired) electrons. The number of hydrogen-bond acceptors (Lipinski definition) is 6. The van der Waals surface area contributed by atoms with Gasteiger partial charge in [-0.25, -0.2) is 0 Å². The molecule has 6 nitrogen and oxygen atoms in total. The first-order valence-corrected chi connectivity index (χ1v) is 11.9. The van der Waals surface area contributed by atoms with E-state index in [1.165, 1.54) is 14.2 Å². The minimum absolute atomic E-state index is 0.343. The first kappa shape index (κ1) is 23.8. The van der Waals surface area contributed by atoms with Crippen molar-refractivity contribution in [3.05, 3.63) is 66.2 Å². The van der Waals surface area contributed by atoms with Gasteiger partial charge in [0.05, 0.1) is 24.7 Å². The first-order valence-electron chi connectivity index (χ1n) is 8.62. The number of benzene rings is 2. The highest BCUT2D eigenvalue weighted by Crippen LogP contribution is 2.51. The maximum Gasteiger partial charge on any atom is 0.360 e. The van der Waals surface area contributed by atoms with Gasteiger partial charge in [0.1, 0.15) is 0 Å². The second-order valence-corrected chi connectivity index (χ2v) is 9.58. The van der Waals surface area contributed by atoms with E-state index < -0.39 is 15.2 Å². The zero-order chi connectivity index (χ0) is 20.2. The van der Waals surface area contributed by atoms with Crippen LogP contribution in [0.4, 0.5) is 0 Å². The molecule has 0 N–H and O–H groups in total. The molecular weight excluding hydrogens is 386 g/mol. The first-order chi connectivity index (χ1) is 12.9. The molecule has 27 heavy (non-hydrogen) atoms. The smallest absolute Gasteiger partial charge is 0.309 e. The average Bonchev–Trinajstić information content (AvgIpc) is 2.69. The van der Waals surface area contributed by atoms with Gasteiger partial charge in [-0.1, -0.05) is 48.5 Å². The lowest BCUT2D eigenvalue weighted by Gasteiger charge is -2.16. The third-order valence-corrected chi connectivity index (χ3v) is 7.37. The predicted molar refractivity (Wildman–Crippen MR) is 109 cm³/mol. The molecule has 0 aliphatic carbocycles. The zero-order valence-corrected chi connectivity index (χ0v) is 18.0. The second kappa shape index (κ2) is 12.2. The lowest BCUT2D eigenvalue weighted by Crippen LogP contribution is -2.06. The maximum absolute atomic E-state index is 12.1. The Morgan fingerprint density at radius 3 is 1.59 bits per heavy atom. The zero-order valence-electron chi connectivity index (χ0n) is 16.2. The SMILES string of the molecule is CCOP(=O)(Cc1ccccc1)OCC.COP(=O)(OC)c1ccccc1. The van der Waals surface area contributed by atoms with Crippen LogP contribution in [0.2, 0.25) is 0 Å². The fraction of sp³-hybridized carbons (Fsp3) is 0.368. The lowest BCUT2D eigenvalue weighted by atomic mass is 10.2. The molecule has 0 spiro atoms. The van der Waals surface area contributed by atoms with Gasteiger partial charge >= 0.3 is 15.2 Å². The molecule has 0 fully saturated rings. The molecule has 2 aromatic carbocycles. The molecule has 8 heteroatoms. The van der Waals surface area contributed by atoms with Gasteiger partial charge in [0.25, 0.3) is 0 Å². The van der Waals surface area contributed by atoms with Crippen LogP contribution in [0.25, 0.3) is 0 Å². The molecular formula is C19H28O6P2. The van der Waals surface area contributed by atoms with Crippen LogP contribution in [0, 0.1) is 0 Å². The van der Waals surface area contributed by atoms with Gasteiger partial charge < -0.3 is 18.1 Å². The molecule has 150 valence electrons. The van der Waals surface area contributed by atoms with E-state index in [1.807, 2.05) is 50.2 Å². The largest absolute Gasteiger partial charge is 0.360 e. The number of hydrogen-bond donors (Lipinski definition) is 0. The van der Waals surface area contributed by atoms with E-state index in [9.17, 15) is 9.13 Å². The lowest BCUT2D eigenvalue weighted by molar-refractivity contribution is 0.219. The topological polar surface area (TPSA) is 71.1 Å². The van der Waals surface area contributed by atoms with Crippen LogP contribution in [0.3, 0.4) is 0 Å². The molecule has 0 aliphatic heterocycles. The van der Waals surface area contributed by atoms with Gasteiger partial charge in [-0.2, -0.15) is 0 Å². The van der Waals surface area contributed by atoms with E-state index in [-0.39, 0.29) is 0 Å². The molecule has 2 rings (SSSR count). The van der Waals surface area contributed by atoms with Crippen LogP contribution < -0.4 is 5.30 Å². The van der Waals surface area contributed by atoms with Crippen molar-refractivity contribution in [3.8, 4) is 0 Å². The molecule has 2 aromatic rings. The van der Waals surface area contributed by atoms with Crippen LogP contribution in [0.5, 0.6) is 0 Å². The Labute approximate surface area is 161 Å². The van der Waals surface area contributed by atoms with Crippen LogP contribution in [0.15, 0.2) is 60.7 Å². The van der Waals surface area contributed by atoms with E-state index >= 15 is 0 Å². The Bertz CT molecular complexity index is 718. The quantitative estimate of drug-likeness (QED) is 0.522. The summed E-state index contributed by atoms with van der Waals surface area (Å²) < 4.78 is 43.9. The predicted octanol–water partition coefficient (Wildman–Crippen LogP) is 5.25. The summed E-state index contributed by atoms with van der Waals surface area (Å²) in [5.74, 6) is 0. The van der Waals surface area contributed by atoms with E-state index in [0.29, 0.717) is 24.7 Å². The highest BCUT2D eigenvalue weighted by atomic mass is 31.2. The van der Waals surface area contributed by atoms with E-state index in [2.05, 4.69) is 0 Å². The Morgan fingerprint density at radius 1 is 0.741 bits per heavy atom. The standard InChI is InChI=1S/C11H17O3P.C8H11O3P/c1-3-13-15(12,14-4-2)10-11-8-6-5-7-9-11;1-10-12(9,11-2)8-6-4-3-5-7-8/h5-9H,3-4,10H2,1-2H3;3-7H,1-2H3. The molecule has 0 saturated heterocycles. The van der Waals surface area contributed by atoms with E-state index in [1.54, 1.807) is 24.3 Å². The van der Waals surface area contributed by atoms with Crippen molar-refractivity contribution in [1.82, 2.24) is 0 Å². The summed E-state index contributed by atoms with van der Waals surface area (Å²) in [5.41, 5.74) is 0.975. The summed E-state index contributed by atoms with van der Waals surface area (Å²) in [7, 11) is -3.23. The Balaban J connectivity index is 0.000000277. The third kappa shape index (κ3) is 8.10. The molecule has 0 bridgehead atoms. The summed E-state index contributed by atoms with van der Waals surface area (Å²) in [4.78, 5) is 0.